The molecule has 0 atom stereocenters. The maximum atomic E-state index is 12.9. The first-order valence-electron chi connectivity index (χ1n) is 9.01. The maximum absolute atomic E-state index is 12.9. The summed E-state index contributed by atoms with van der Waals surface area (Å²) in [5.74, 6) is 0. The third-order valence-electron chi connectivity index (χ3n) is 5.23. The fraction of sp³-hybridized carbons (Fsp3) is 0.400. The van der Waals surface area contributed by atoms with Gasteiger partial charge >= 0.3 is 0 Å². The van der Waals surface area contributed by atoms with Gasteiger partial charge in [-0.2, -0.15) is 4.31 Å². The summed E-state index contributed by atoms with van der Waals surface area (Å²) in [6.45, 7) is 4.13. The zero-order valence-corrected chi connectivity index (χ0v) is 15.2. The summed E-state index contributed by atoms with van der Waals surface area (Å²) in [5, 5.41) is 0. The van der Waals surface area contributed by atoms with Gasteiger partial charge in [-0.25, -0.2) is 8.42 Å². The van der Waals surface area contributed by atoms with Crippen molar-refractivity contribution in [3.63, 3.8) is 0 Å². The molecule has 2 heterocycles. The van der Waals surface area contributed by atoms with E-state index in [1.807, 2.05) is 36.4 Å². The number of sulfonamides is 1. The minimum atomic E-state index is -3.44. The van der Waals surface area contributed by atoms with Crippen LogP contribution in [0.3, 0.4) is 0 Å². The monoisotopic (exact) mass is 356 g/mol. The third kappa shape index (κ3) is 3.50. The Balaban J connectivity index is 1.48. The summed E-state index contributed by atoms with van der Waals surface area (Å²) >= 11 is 0. The minimum absolute atomic E-state index is 0.391. The molecule has 2 aliphatic heterocycles. The van der Waals surface area contributed by atoms with Crippen molar-refractivity contribution in [3.8, 4) is 0 Å². The Morgan fingerprint density at radius 1 is 0.800 bits per heavy atom. The molecule has 2 aromatic carbocycles. The Morgan fingerprint density at radius 3 is 2.00 bits per heavy atom. The smallest absolute Gasteiger partial charge is 0.243 e. The summed E-state index contributed by atoms with van der Waals surface area (Å²) in [6, 6.07) is 15.4. The second-order valence-corrected chi connectivity index (χ2v) is 8.96. The van der Waals surface area contributed by atoms with Crippen molar-refractivity contribution in [2.45, 2.75) is 43.8 Å². The van der Waals surface area contributed by atoms with Crippen molar-refractivity contribution in [2.75, 3.05) is 13.1 Å². The summed E-state index contributed by atoms with van der Waals surface area (Å²) < 4.78 is 27.4. The molecule has 2 aliphatic rings. The van der Waals surface area contributed by atoms with Gasteiger partial charge in [0.1, 0.15) is 0 Å². The quantitative estimate of drug-likeness (QED) is 0.843. The largest absolute Gasteiger partial charge is 0.299 e. The second-order valence-electron chi connectivity index (χ2n) is 7.02. The number of benzene rings is 2. The lowest BCUT2D eigenvalue weighted by atomic mass is 10.1. The normalized spacial score (nSPS) is 19.0. The Hall–Kier alpha value is -1.69. The summed E-state index contributed by atoms with van der Waals surface area (Å²) in [7, 11) is -3.44. The second kappa shape index (κ2) is 6.90. The van der Waals surface area contributed by atoms with E-state index in [0.29, 0.717) is 18.0 Å². The first-order chi connectivity index (χ1) is 12.1. The zero-order valence-electron chi connectivity index (χ0n) is 14.4. The minimum Gasteiger partial charge on any atom is -0.299 e. The molecule has 0 bridgehead atoms. The van der Waals surface area contributed by atoms with Gasteiger partial charge in [-0.3, -0.25) is 4.90 Å². The maximum Gasteiger partial charge on any atom is 0.243 e. The van der Waals surface area contributed by atoms with Crippen molar-refractivity contribution in [2.24, 2.45) is 0 Å². The predicted molar refractivity (Wildman–Crippen MR) is 98.4 cm³/mol. The van der Waals surface area contributed by atoms with Gasteiger partial charge in [-0.1, -0.05) is 42.8 Å². The van der Waals surface area contributed by atoms with Gasteiger partial charge < -0.3 is 0 Å². The van der Waals surface area contributed by atoms with Crippen LogP contribution < -0.4 is 0 Å². The van der Waals surface area contributed by atoms with Gasteiger partial charge in [0.05, 0.1) is 4.90 Å². The van der Waals surface area contributed by atoms with Crippen molar-refractivity contribution < 1.29 is 8.42 Å². The fourth-order valence-corrected chi connectivity index (χ4v) is 5.16. The molecular weight excluding hydrogens is 332 g/mol. The molecule has 4 nitrogen and oxygen atoms in total. The molecule has 0 aromatic heterocycles. The van der Waals surface area contributed by atoms with Gasteiger partial charge in [0.25, 0.3) is 0 Å². The van der Waals surface area contributed by atoms with E-state index in [-0.39, 0.29) is 0 Å². The summed E-state index contributed by atoms with van der Waals surface area (Å²) in [5.41, 5.74) is 3.39. The number of hydrogen-bond donors (Lipinski definition) is 0. The molecule has 0 N–H and O–H groups in total. The highest BCUT2D eigenvalue weighted by molar-refractivity contribution is 7.89. The molecule has 0 saturated carbocycles. The number of hydrogen-bond acceptors (Lipinski definition) is 3. The van der Waals surface area contributed by atoms with Crippen molar-refractivity contribution in [3.05, 3.63) is 65.2 Å². The van der Waals surface area contributed by atoms with Gasteiger partial charge in [-0.05, 0) is 54.8 Å². The van der Waals surface area contributed by atoms with Crippen LogP contribution in [0.1, 0.15) is 36.0 Å². The summed E-state index contributed by atoms with van der Waals surface area (Å²) in [4.78, 5) is 2.84. The SMILES string of the molecule is O=S(=O)(c1ccc(CN2CCCCC2)cc1)N1Cc2ccccc2C1. The molecule has 0 spiro atoms. The molecule has 0 unspecified atom stereocenters. The van der Waals surface area contributed by atoms with Gasteiger partial charge in [0.2, 0.25) is 10.0 Å². The molecule has 132 valence electrons. The molecule has 1 saturated heterocycles. The van der Waals surface area contributed by atoms with E-state index < -0.39 is 10.0 Å². The Bertz CT molecular complexity index is 815. The lowest BCUT2D eigenvalue weighted by molar-refractivity contribution is 0.221. The van der Waals surface area contributed by atoms with Crippen LogP contribution in [-0.2, 0) is 29.7 Å². The highest BCUT2D eigenvalue weighted by atomic mass is 32.2. The average Bonchev–Trinajstić information content (AvgIpc) is 3.08. The van der Waals surface area contributed by atoms with E-state index >= 15 is 0 Å². The number of likely N-dealkylation sites (tertiary alicyclic amines) is 1. The Morgan fingerprint density at radius 2 is 1.40 bits per heavy atom. The molecule has 2 aromatic rings. The number of nitrogens with zero attached hydrogens (tertiary/aromatic N) is 2. The van der Waals surface area contributed by atoms with Crippen LogP contribution >= 0.6 is 0 Å². The standard InChI is InChI=1S/C20H24N2O2S/c23-25(24,22-15-18-6-2-3-7-19(18)16-22)20-10-8-17(9-11-20)14-21-12-4-1-5-13-21/h2-3,6-11H,1,4-5,12-16H2. The average molecular weight is 356 g/mol. The first-order valence-corrected chi connectivity index (χ1v) is 10.5. The van der Waals surface area contributed by atoms with E-state index in [1.165, 1.54) is 24.8 Å². The molecule has 25 heavy (non-hydrogen) atoms. The van der Waals surface area contributed by atoms with Crippen LogP contribution in [0.5, 0.6) is 0 Å². The van der Waals surface area contributed by atoms with Gasteiger partial charge in [-0.15, -0.1) is 0 Å². The van der Waals surface area contributed by atoms with E-state index in [2.05, 4.69) is 4.90 Å². The molecule has 4 rings (SSSR count). The number of fused-ring (bicyclic) bond motifs is 1. The Kier molecular flexibility index (Phi) is 4.63. The van der Waals surface area contributed by atoms with Crippen molar-refractivity contribution in [1.82, 2.24) is 9.21 Å². The molecular formula is C20H24N2O2S. The third-order valence-corrected chi connectivity index (χ3v) is 7.03. The van der Waals surface area contributed by atoms with Gasteiger partial charge in [0.15, 0.2) is 0 Å². The van der Waals surface area contributed by atoms with Crippen LogP contribution in [0.25, 0.3) is 0 Å². The van der Waals surface area contributed by atoms with Crippen LogP contribution in [-0.4, -0.2) is 30.7 Å². The van der Waals surface area contributed by atoms with Crippen molar-refractivity contribution in [1.29, 1.82) is 0 Å². The van der Waals surface area contributed by atoms with Crippen LogP contribution in [0.4, 0.5) is 0 Å². The van der Waals surface area contributed by atoms with Gasteiger partial charge in [0, 0.05) is 19.6 Å². The Labute approximate surface area is 150 Å². The van der Waals surface area contributed by atoms with E-state index in [1.54, 1.807) is 16.4 Å². The fourth-order valence-electron chi connectivity index (χ4n) is 3.76. The molecule has 0 aliphatic carbocycles. The number of piperidine rings is 1. The summed E-state index contributed by atoms with van der Waals surface area (Å²) in [6.07, 6.45) is 3.86. The molecule has 0 amide bonds. The van der Waals surface area contributed by atoms with Crippen molar-refractivity contribution >= 4 is 10.0 Å². The topological polar surface area (TPSA) is 40.6 Å². The number of rotatable bonds is 4. The lowest BCUT2D eigenvalue weighted by Crippen LogP contribution is -2.29. The van der Waals surface area contributed by atoms with Crippen LogP contribution in [0, 0.1) is 0 Å². The molecule has 0 radical (unpaired) electrons. The zero-order chi connectivity index (χ0) is 17.3. The lowest BCUT2D eigenvalue weighted by Gasteiger charge is -2.26. The highest BCUT2D eigenvalue weighted by Crippen LogP contribution is 2.28. The predicted octanol–water partition coefficient (Wildman–Crippen LogP) is 3.38. The van der Waals surface area contributed by atoms with Crippen LogP contribution in [0.2, 0.25) is 0 Å². The first kappa shape index (κ1) is 16.8. The van der Waals surface area contributed by atoms with E-state index in [4.69, 9.17) is 0 Å². The van der Waals surface area contributed by atoms with E-state index in [9.17, 15) is 8.42 Å². The molecule has 5 heteroatoms. The van der Waals surface area contributed by atoms with Crippen LogP contribution in [0.15, 0.2) is 53.4 Å². The van der Waals surface area contributed by atoms with E-state index in [0.717, 1.165) is 30.8 Å². The molecule has 1 fully saturated rings. The highest BCUT2D eigenvalue weighted by Gasteiger charge is 2.30.